The Bertz CT molecular complexity index is 1070. The second-order valence-corrected chi connectivity index (χ2v) is 9.54. The predicted molar refractivity (Wildman–Crippen MR) is 130 cm³/mol. The standard InChI is InChI=1S/C27H32FN3O4/c1-29-27(33)21-14-19(26(32)30-22-15-18(22)7-8-31-9-11-34-12-10-31)13-20-24(17-5-3-2-4-6-17)23(16-28)35-25(20)21/h2-6,13-14,18,22-24H,7-12,15-16H2,1H3,(H,29,33)(H,30,32)/t18?,22?,23-,24+/m1/s1. The number of rotatable bonds is 8. The van der Waals surface area contributed by atoms with Gasteiger partial charge in [-0.3, -0.25) is 14.5 Å². The molecule has 2 fully saturated rings. The molecule has 0 bridgehead atoms. The average molecular weight is 482 g/mol. The van der Waals surface area contributed by atoms with Crippen molar-refractivity contribution in [2.45, 2.75) is 30.9 Å². The molecule has 2 aromatic carbocycles. The molecule has 2 aromatic rings. The fourth-order valence-electron chi connectivity index (χ4n) is 5.21. The highest BCUT2D eigenvalue weighted by Gasteiger charge is 2.41. The molecular formula is C27H32FN3O4. The minimum atomic E-state index is -0.748. The lowest BCUT2D eigenvalue weighted by Gasteiger charge is -2.26. The molecule has 2 heterocycles. The van der Waals surface area contributed by atoms with E-state index in [0.29, 0.717) is 22.8 Å². The largest absolute Gasteiger partial charge is 0.486 e. The van der Waals surface area contributed by atoms with Gasteiger partial charge in [-0.25, -0.2) is 4.39 Å². The third-order valence-corrected chi connectivity index (χ3v) is 7.30. The van der Waals surface area contributed by atoms with E-state index in [1.165, 1.54) is 7.05 Å². The van der Waals surface area contributed by atoms with Crippen molar-refractivity contribution in [2.75, 3.05) is 46.6 Å². The molecule has 0 aromatic heterocycles. The SMILES string of the molecule is CNC(=O)c1cc(C(=O)NC2CC2CCN2CCOCC2)cc2c1O[C@H](CF)[C@H]2c1ccccc1. The normalized spacial score (nSPS) is 25.4. The van der Waals surface area contributed by atoms with Crippen LogP contribution < -0.4 is 15.4 Å². The van der Waals surface area contributed by atoms with E-state index in [1.807, 2.05) is 30.3 Å². The van der Waals surface area contributed by atoms with Crippen molar-refractivity contribution in [3.05, 3.63) is 64.7 Å². The summed E-state index contributed by atoms with van der Waals surface area (Å²) in [5, 5.41) is 5.75. The first-order valence-corrected chi connectivity index (χ1v) is 12.4. The Hall–Kier alpha value is -2.97. The number of hydrogen-bond donors (Lipinski definition) is 2. The van der Waals surface area contributed by atoms with Gasteiger partial charge in [0, 0.05) is 37.3 Å². The lowest BCUT2D eigenvalue weighted by Crippen LogP contribution is -2.37. The van der Waals surface area contributed by atoms with Gasteiger partial charge in [0.25, 0.3) is 11.8 Å². The van der Waals surface area contributed by atoms with Crippen LogP contribution in [0.5, 0.6) is 5.75 Å². The number of fused-ring (bicyclic) bond motifs is 1. The van der Waals surface area contributed by atoms with Gasteiger partial charge in [-0.15, -0.1) is 0 Å². The second-order valence-electron chi connectivity index (χ2n) is 9.54. The van der Waals surface area contributed by atoms with Gasteiger partial charge in [0.1, 0.15) is 18.5 Å². The molecule has 1 aliphatic carbocycles. The van der Waals surface area contributed by atoms with Gasteiger partial charge in [0.15, 0.2) is 0 Å². The summed E-state index contributed by atoms with van der Waals surface area (Å²) in [6.07, 6.45) is 1.26. The molecule has 3 aliphatic rings. The highest BCUT2D eigenvalue weighted by molar-refractivity contribution is 6.02. The van der Waals surface area contributed by atoms with Crippen molar-refractivity contribution >= 4 is 11.8 Å². The summed E-state index contributed by atoms with van der Waals surface area (Å²) in [6, 6.07) is 13.0. The minimum absolute atomic E-state index is 0.139. The van der Waals surface area contributed by atoms with Crippen LogP contribution in [0.15, 0.2) is 42.5 Å². The molecule has 0 radical (unpaired) electrons. The van der Waals surface area contributed by atoms with Crippen LogP contribution in [0.3, 0.4) is 0 Å². The maximum atomic E-state index is 14.0. The van der Waals surface area contributed by atoms with E-state index < -0.39 is 18.7 Å². The number of amides is 2. The number of alkyl halides is 1. The summed E-state index contributed by atoms with van der Waals surface area (Å²) in [5.41, 5.74) is 2.21. The van der Waals surface area contributed by atoms with Gasteiger partial charge in [-0.2, -0.15) is 0 Å². The van der Waals surface area contributed by atoms with Gasteiger partial charge in [0.05, 0.1) is 24.7 Å². The number of hydrogen-bond acceptors (Lipinski definition) is 5. The molecule has 1 saturated heterocycles. The van der Waals surface area contributed by atoms with E-state index in [1.54, 1.807) is 12.1 Å². The van der Waals surface area contributed by atoms with Crippen LogP contribution in [0.2, 0.25) is 0 Å². The molecule has 0 spiro atoms. The molecule has 7 nitrogen and oxygen atoms in total. The van der Waals surface area contributed by atoms with E-state index in [-0.39, 0.29) is 23.4 Å². The quantitative estimate of drug-likeness (QED) is 0.606. The van der Waals surface area contributed by atoms with Crippen LogP contribution in [0.25, 0.3) is 0 Å². The van der Waals surface area contributed by atoms with Crippen LogP contribution >= 0.6 is 0 Å². The summed E-state index contributed by atoms with van der Waals surface area (Å²) in [6.45, 7) is 3.82. The first kappa shape index (κ1) is 23.8. The first-order valence-electron chi connectivity index (χ1n) is 12.4. The summed E-state index contributed by atoms with van der Waals surface area (Å²) in [5.74, 6) is -0.155. The van der Waals surface area contributed by atoms with E-state index in [2.05, 4.69) is 15.5 Å². The van der Waals surface area contributed by atoms with Crippen LogP contribution in [-0.2, 0) is 4.74 Å². The minimum Gasteiger partial charge on any atom is -0.486 e. The third-order valence-electron chi connectivity index (χ3n) is 7.30. The highest BCUT2D eigenvalue weighted by Crippen LogP contribution is 2.45. The van der Waals surface area contributed by atoms with Gasteiger partial charge in [-0.05, 0) is 43.0 Å². The van der Waals surface area contributed by atoms with E-state index in [0.717, 1.165) is 51.3 Å². The molecule has 2 unspecified atom stereocenters. The Balaban J connectivity index is 1.34. The smallest absolute Gasteiger partial charge is 0.254 e. The molecule has 2 amide bonds. The first-order chi connectivity index (χ1) is 17.1. The number of nitrogens with zero attached hydrogens (tertiary/aromatic N) is 1. The molecule has 1 saturated carbocycles. The lowest BCUT2D eigenvalue weighted by atomic mass is 9.86. The Kier molecular flexibility index (Phi) is 7.02. The van der Waals surface area contributed by atoms with Crippen molar-refractivity contribution in [1.29, 1.82) is 0 Å². The molecule has 186 valence electrons. The van der Waals surface area contributed by atoms with Crippen molar-refractivity contribution in [3.63, 3.8) is 0 Å². The molecule has 35 heavy (non-hydrogen) atoms. The van der Waals surface area contributed by atoms with Crippen molar-refractivity contribution in [3.8, 4) is 5.75 Å². The highest BCUT2D eigenvalue weighted by atomic mass is 19.1. The van der Waals surface area contributed by atoms with Crippen molar-refractivity contribution in [2.24, 2.45) is 5.92 Å². The number of halogens is 1. The van der Waals surface area contributed by atoms with Crippen LogP contribution in [0.1, 0.15) is 50.6 Å². The summed E-state index contributed by atoms with van der Waals surface area (Å²) in [4.78, 5) is 28.3. The van der Waals surface area contributed by atoms with Gasteiger partial charge in [-0.1, -0.05) is 30.3 Å². The summed E-state index contributed by atoms with van der Waals surface area (Å²) < 4.78 is 25.3. The zero-order valence-corrected chi connectivity index (χ0v) is 20.0. The number of benzene rings is 2. The molecule has 2 aliphatic heterocycles. The fraction of sp³-hybridized carbons (Fsp3) is 0.481. The Labute approximate surface area is 205 Å². The maximum absolute atomic E-state index is 14.0. The fourth-order valence-corrected chi connectivity index (χ4v) is 5.21. The number of ether oxygens (including phenoxy) is 2. The number of nitrogens with one attached hydrogen (secondary N) is 2. The molecule has 4 atom stereocenters. The maximum Gasteiger partial charge on any atom is 0.254 e. The average Bonchev–Trinajstić information content (AvgIpc) is 3.53. The zero-order chi connectivity index (χ0) is 24.4. The van der Waals surface area contributed by atoms with Gasteiger partial charge >= 0.3 is 0 Å². The third kappa shape index (κ3) is 5.04. The van der Waals surface area contributed by atoms with Crippen LogP contribution in [0.4, 0.5) is 4.39 Å². The number of carbonyl (C=O) groups excluding carboxylic acids is 2. The monoisotopic (exact) mass is 481 g/mol. The molecule has 2 N–H and O–H groups in total. The zero-order valence-electron chi connectivity index (χ0n) is 20.0. The van der Waals surface area contributed by atoms with Crippen molar-refractivity contribution in [1.82, 2.24) is 15.5 Å². The van der Waals surface area contributed by atoms with E-state index in [4.69, 9.17) is 9.47 Å². The molecule has 5 rings (SSSR count). The summed E-state index contributed by atoms with van der Waals surface area (Å²) >= 11 is 0. The molecular weight excluding hydrogens is 449 g/mol. The van der Waals surface area contributed by atoms with Crippen LogP contribution in [0, 0.1) is 5.92 Å². The van der Waals surface area contributed by atoms with E-state index >= 15 is 0 Å². The van der Waals surface area contributed by atoms with Gasteiger partial charge < -0.3 is 20.1 Å². The summed E-state index contributed by atoms with van der Waals surface area (Å²) in [7, 11) is 1.53. The Morgan fingerprint density at radius 3 is 2.60 bits per heavy atom. The predicted octanol–water partition coefficient (Wildman–Crippen LogP) is 2.75. The number of carbonyl (C=O) groups is 2. The Morgan fingerprint density at radius 1 is 1.11 bits per heavy atom. The van der Waals surface area contributed by atoms with Gasteiger partial charge in [0.2, 0.25) is 0 Å². The second kappa shape index (κ2) is 10.3. The van der Waals surface area contributed by atoms with E-state index in [9.17, 15) is 14.0 Å². The van der Waals surface area contributed by atoms with Crippen molar-refractivity contribution < 1.29 is 23.5 Å². The molecule has 8 heteroatoms. The Morgan fingerprint density at radius 2 is 1.89 bits per heavy atom. The number of morpholine rings is 1. The topological polar surface area (TPSA) is 79.9 Å². The lowest BCUT2D eigenvalue weighted by molar-refractivity contribution is 0.0367. The van der Waals surface area contributed by atoms with Crippen LogP contribution in [-0.4, -0.2) is 75.4 Å².